The van der Waals surface area contributed by atoms with Gasteiger partial charge in [0.05, 0.1) is 18.3 Å². The van der Waals surface area contributed by atoms with E-state index in [0.717, 1.165) is 44.2 Å². The van der Waals surface area contributed by atoms with Crippen LogP contribution in [0, 0.1) is 12.8 Å². The summed E-state index contributed by atoms with van der Waals surface area (Å²) in [6, 6.07) is 4.33. The lowest BCUT2D eigenvalue weighted by molar-refractivity contribution is 0.123. The Morgan fingerprint density at radius 3 is 2.75 bits per heavy atom. The minimum atomic E-state index is 0.586. The van der Waals surface area contributed by atoms with E-state index in [9.17, 15) is 0 Å². The van der Waals surface area contributed by atoms with Crippen molar-refractivity contribution in [2.24, 2.45) is 5.92 Å². The predicted molar refractivity (Wildman–Crippen MR) is 105 cm³/mol. The number of aryl methyl sites for hydroxylation is 1. The number of rotatable bonds is 5. The highest BCUT2D eigenvalue weighted by molar-refractivity contribution is 5.45. The number of nitrogens with one attached hydrogen (secondary N) is 1. The lowest BCUT2D eigenvalue weighted by Crippen LogP contribution is -2.43. The number of hydrogen-bond donors (Lipinski definition) is 1. The molecule has 2 atom stereocenters. The standard InChI is InChI=1S/C21H26N6O/c1-15-19(25-14-24-15)13-26-9-16-4-5-18(12-26)27(10-16)11-17-7-22-21(23-8-17)20-3-2-6-28-20/h2-3,6-8,14,16,18H,4-5,9-13H2,1H3,(H,24,25)/t16-,18+/m1/s1. The van der Waals surface area contributed by atoms with E-state index in [1.165, 1.54) is 24.2 Å². The molecule has 0 spiro atoms. The summed E-state index contributed by atoms with van der Waals surface area (Å²) >= 11 is 0. The van der Waals surface area contributed by atoms with Crippen LogP contribution in [0.3, 0.4) is 0 Å². The number of hydrogen-bond acceptors (Lipinski definition) is 6. The Bertz CT molecular complexity index is 903. The first-order chi connectivity index (χ1) is 13.7. The average Bonchev–Trinajstić information content (AvgIpc) is 3.29. The van der Waals surface area contributed by atoms with Crippen LogP contribution in [0.5, 0.6) is 0 Å². The molecule has 1 N–H and O–H groups in total. The summed E-state index contributed by atoms with van der Waals surface area (Å²) in [4.78, 5) is 21.9. The topological polar surface area (TPSA) is 74.1 Å². The SMILES string of the molecule is Cc1[nH]cnc1CN1C[C@H]2CC[C@@H](C1)N(Cc1cnc(-c3ccco3)nc1)C2. The van der Waals surface area contributed by atoms with E-state index in [4.69, 9.17) is 4.42 Å². The molecule has 7 heteroatoms. The van der Waals surface area contributed by atoms with Gasteiger partial charge >= 0.3 is 0 Å². The number of aromatic amines is 1. The predicted octanol–water partition coefficient (Wildman–Crippen LogP) is 2.86. The van der Waals surface area contributed by atoms with Crippen molar-refractivity contribution in [2.45, 2.75) is 38.9 Å². The fourth-order valence-corrected chi connectivity index (χ4v) is 4.56. The van der Waals surface area contributed by atoms with Crippen molar-refractivity contribution in [3.05, 3.63) is 54.1 Å². The first kappa shape index (κ1) is 17.6. The minimum Gasteiger partial charge on any atom is -0.461 e. The number of aromatic nitrogens is 4. The number of H-pyrrole nitrogens is 1. The number of furan rings is 1. The van der Waals surface area contributed by atoms with Crippen molar-refractivity contribution >= 4 is 0 Å². The van der Waals surface area contributed by atoms with Crippen molar-refractivity contribution < 1.29 is 4.42 Å². The zero-order valence-electron chi connectivity index (χ0n) is 16.2. The van der Waals surface area contributed by atoms with E-state index < -0.39 is 0 Å². The monoisotopic (exact) mass is 378 g/mol. The molecule has 0 aliphatic carbocycles. The summed E-state index contributed by atoms with van der Waals surface area (Å²) < 4.78 is 5.38. The number of piperidine rings is 1. The molecule has 146 valence electrons. The maximum Gasteiger partial charge on any atom is 0.195 e. The second kappa shape index (κ2) is 7.48. The minimum absolute atomic E-state index is 0.586. The van der Waals surface area contributed by atoms with E-state index in [1.807, 2.05) is 24.5 Å². The van der Waals surface area contributed by atoms with Crippen LogP contribution in [-0.4, -0.2) is 55.4 Å². The normalized spacial score (nSPS) is 23.2. The first-order valence-electron chi connectivity index (χ1n) is 10.0. The van der Waals surface area contributed by atoms with Crippen molar-refractivity contribution in [3.8, 4) is 11.6 Å². The van der Waals surface area contributed by atoms with Gasteiger partial charge in [-0.15, -0.1) is 0 Å². The van der Waals surface area contributed by atoms with Crippen LogP contribution in [0.1, 0.15) is 29.8 Å². The molecule has 3 aliphatic rings. The van der Waals surface area contributed by atoms with Gasteiger partial charge in [0.25, 0.3) is 0 Å². The number of nitrogens with zero attached hydrogens (tertiary/aromatic N) is 5. The third kappa shape index (κ3) is 3.59. The van der Waals surface area contributed by atoms with E-state index in [1.54, 1.807) is 12.6 Å². The van der Waals surface area contributed by atoms with Gasteiger partial charge < -0.3 is 9.40 Å². The Labute approximate surface area is 164 Å². The zero-order chi connectivity index (χ0) is 18.9. The molecule has 3 saturated heterocycles. The molecular weight excluding hydrogens is 352 g/mol. The Morgan fingerprint density at radius 2 is 2.00 bits per heavy atom. The highest BCUT2D eigenvalue weighted by atomic mass is 16.3. The molecule has 0 aromatic carbocycles. The molecule has 6 rings (SSSR count). The molecule has 3 aliphatic heterocycles. The number of fused-ring (bicyclic) bond motifs is 4. The van der Waals surface area contributed by atoms with Gasteiger partial charge in [0.1, 0.15) is 0 Å². The smallest absolute Gasteiger partial charge is 0.195 e. The number of imidazole rings is 1. The maximum atomic E-state index is 5.38. The molecule has 0 radical (unpaired) electrons. The molecule has 0 unspecified atom stereocenters. The van der Waals surface area contributed by atoms with Gasteiger partial charge in [-0.3, -0.25) is 9.80 Å². The van der Waals surface area contributed by atoms with Crippen LogP contribution < -0.4 is 0 Å². The molecule has 3 aromatic rings. The molecule has 3 fully saturated rings. The fraction of sp³-hybridized carbons (Fsp3) is 0.476. The molecule has 7 nitrogen and oxygen atoms in total. The molecule has 6 heterocycles. The summed E-state index contributed by atoms with van der Waals surface area (Å²) in [7, 11) is 0. The lowest BCUT2D eigenvalue weighted by Gasteiger charge is -2.36. The summed E-state index contributed by atoms with van der Waals surface area (Å²) in [6.45, 7) is 7.38. The van der Waals surface area contributed by atoms with Gasteiger partial charge in [-0.25, -0.2) is 15.0 Å². The van der Waals surface area contributed by atoms with Crippen LogP contribution in [-0.2, 0) is 13.1 Å². The van der Waals surface area contributed by atoms with E-state index in [0.29, 0.717) is 17.6 Å². The van der Waals surface area contributed by atoms with Crippen molar-refractivity contribution in [3.63, 3.8) is 0 Å². The Balaban J connectivity index is 1.26. The summed E-state index contributed by atoms with van der Waals surface area (Å²) in [5, 5.41) is 0. The van der Waals surface area contributed by atoms with E-state index in [-0.39, 0.29) is 0 Å². The summed E-state index contributed by atoms with van der Waals surface area (Å²) in [5.41, 5.74) is 3.52. The van der Waals surface area contributed by atoms with Crippen LogP contribution in [0.2, 0.25) is 0 Å². The largest absolute Gasteiger partial charge is 0.461 e. The molecule has 0 amide bonds. The van der Waals surface area contributed by atoms with Crippen LogP contribution in [0.4, 0.5) is 0 Å². The molecule has 28 heavy (non-hydrogen) atoms. The fourth-order valence-electron chi connectivity index (χ4n) is 4.56. The average molecular weight is 378 g/mol. The maximum absolute atomic E-state index is 5.38. The quantitative estimate of drug-likeness (QED) is 0.736. The zero-order valence-corrected chi connectivity index (χ0v) is 16.2. The van der Waals surface area contributed by atoms with Gasteiger partial charge in [0.2, 0.25) is 0 Å². The van der Waals surface area contributed by atoms with Crippen molar-refractivity contribution in [2.75, 3.05) is 19.6 Å². The highest BCUT2D eigenvalue weighted by Gasteiger charge is 2.35. The second-order valence-electron chi connectivity index (χ2n) is 8.09. The highest BCUT2D eigenvalue weighted by Crippen LogP contribution is 2.30. The Hall–Kier alpha value is -2.51. The lowest BCUT2D eigenvalue weighted by atomic mass is 9.95. The molecule has 3 aromatic heterocycles. The first-order valence-corrected chi connectivity index (χ1v) is 10.0. The van der Waals surface area contributed by atoms with Crippen LogP contribution >= 0.6 is 0 Å². The van der Waals surface area contributed by atoms with Crippen molar-refractivity contribution in [1.82, 2.24) is 29.7 Å². The Kier molecular flexibility index (Phi) is 4.70. The van der Waals surface area contributed by atoms with Crippen LogP contribution in [0.25, 0.3) is 11.6 Å². The third-order valence-corrected chi connectivity index (χ3v) is 6.04. The molecule has 0 saturated carbocycles. The van der Waals surface area contributed by atoms with Gasteiger partial charge in [-0.2, -0.15) is 0 Å². The van der Waals surface area contributed by atoms with Gasteiger partial charge in [0.15, 0.2) is 11.6 Å². The summed E-state index contributed by atoms with van der Waals surface area (Å²) in [5.74, 6) is 2.08. The molecular formula is C21H26N6O. The van der Waals surface area contributed by atoms with Gasteiger partial charge in [-0.1, -0.05) is 0 Å². The van der Waals surface area contributed by atoms with Gasteiger partial charge in [0, 0.05) is 62.4 Å². The van der Waals surface area contributed by atoms with E-state index in [2.05, 4.69) is 36.7 Å². The van der Waals surface area contributed by atoms with E-state index >= 15 is 0 Å². The van der Waals surface area contributed by atoms with Gasteiger partial charge in [-0.05, 0) is 37.8 Å². The molecule has 2 bridgehead atoms. The third-order valence-electron chi connectivity index (χ3n) is 6.04. The van der Waals surface area contributed by atoms with Crippen LogP contribution in [0.15, 0.2) is 41.5 Å². The summed E-state index contributed by atoms with van der Waals surface area (Å²) in [6.07, 6.45) is 9.92. The van der Waals surface area contributed by atoms with Crippen molar-refractivity contribution in [1.29, 1.82) is 0 Å². The second-order valence-corrected chi connectivity index (χ2v) is 8.09. The Morgan fingerprint density at radius 1 is 1.11 bits per heavy atom.